The predicted octanol–water partition coefficient (Wildman–Crippen LogP) is 1.90. The lowest BCUT2D eigenvalue weighted by Gasteiger charge is -2.16. The van der Waals surface area contributed by atoms with Gasteiger partial charge < -0.3 is 15.4 Å². The fourth-order valence-electron chi connectivity index (χ4n) is 2.58. The van der Waals surface area contributed by atoms with Gasteiger partial charge in [-0.05, 0) is 61.9 Å². The molecule has 3 rings (SSSR count). The van der Waals surface area contributed by atoms with Crippen molar-refractivity contribution in [1.82, 2.24) is 4.90 Å². The quantitative estimate of drug-likeness (QED) is 0.892. The molecule has 1 aliphatic heterocycles. The van der Waals surface area contributed by atoms with E-state index in [0.717, 1.165) is 43.3 Å². The minimum Gasteiger partial charge on any atom is -0.493 e. The molecule has 20 heavy (non-hydrogen) atoms. The molecule has 0 unspecified atom stereocenters. The lowest BCUT2D eigenvalue weighted by molar-refractivity contribution is 0.0787. The van der Waals surface area contributed by atoms with E-state index in [-0.39, 0.29) is 5.91 Å². The van der Waals surface area contributed by atoms with Crippen molar-refractivity contribution in [3.8, 4) is 5.75 Å². The number of rotatable bonds is 5. The van der Waals surface area contributed by atoms with Crippen LogP contribution in [0.1, 0.15) is 29.6 Å². The Balaban J connectivity index is 1.57. The smallest absolute Gasteiger partial charge is 0.253 e. The van der Waals surface area contributed by atoms with E-state index in [0.29, 0.717) is 12.5 Å². The summed E-state index contributed by atoms with van der Waals surface area (Å²) in [6.07, 6.45) is 3.59. The summed E-state index contributed by atoms with van der Waals surface area (Å²) in [6.45, 7) is 3.07. The van der Waals surface area contributed by atoms with Crippen LogP contribution in [0.4, 0.5) is 0 Å². The summed E-state index contributed by atoms with van der Waals surface area (Å²) in [5, 5.41) is 0. The first-order valence-electron chi connectivity index (χ1n) is 7.48. The van der Waals surface area contributed by atoms with Crippen LogP contribution in [-0.4, -0.2) is 37.0 Å². The Morgan fingerprint density at radius 3 is 2.55 bits per heavy atom. The first-order chi connectivity index (χ1) is 9.76. The molecule has 0 spiro atoms. The van der Waals surface area contributed by atoms with Crippen LogP contribution in [0, 0.1) is 11.8 Å². The molecule has 4 heteroatoms. The Hall–Kier alpha value is -1.55. The van der Waals surface area contributed by atoms with Crippen LogP contribution in [0.3, 0.4) is 0 Å². The Labute approximate surface area is 119 Å². The second-order valence-electron chi connectivity index (χ2n) is 5.92. The highest BCUT2D eigenvalue weighted by atomic mass is 16.5. The second-order valence-corrected chi connectivity index (χ2v) is 5.92. The molecule has 1 atom stereocenters. The summed E-state index contributed by atoms with van der Waals surface area (Å²) in [4.78, 5) is 14.2. The minimum absolute atomic E-state index is 0.106. The number of likely N-dealkylation sites (tertiary alicyclic amines) is 1. The van der Waals surface area contributed by atoms with E-state index < -0.39 is 0 Å². The molecule has 1 saturated carbocycles. The number of hydrogen-bond acceptors (Lipinski definition) is 3. The van der Waals surface area contributed by atoms with Gasteiger partial charge in [0.1, 0.15) is 5.75 Å². The molecule has 1 aromatic rings. The molecule has 1 amide bonds. The molecular formula is C16H22N2O2. The van der Waals surface area contributed by atoms with E-state index in [2.05, 4.69) is 0 Å². The van der Waals surface area contributed by atoms with Crippen LogP contribution in [0.2, 0.25) is 0 Å². The van der Waals surface area contributed by atoms with E-state index in [1.807, 2.05) is 29.2 Å². The van der Waals surface area contributed by atoms with Gasteiger partial charge in [0.2, 0.25) is 0 Å². The standard InChI is InChI=1S/C16H22N2O2/c17-9-13-7-8-18(10-13)16(19)14-3-5-15(6-4-14)20-11-12-1-2-12/h3-6,12-13H,1-2,7-11,17H2/t13-/m1/s1. The Bertz CT molecular complexity index is 468. The Morgan fingerprint density at radius 1 is 1.20 bits per heavy atom. The van der Waals surface area contributed by atoms with E-state index in [4.69, 9.17) is 10.5 Å². The van der Waals surface area contributed by atoms with Gasteiger partial charge in [0.05, 0.1) is 6.61 Å². The van der Waals surface area contributed by atoms with Crippen molar-refractivity contribution < 1.29 is 9.53 Å². The van der Waals surface area contributed by atoms with Gasteiger partial charge in [0, 0.05) is 18.7 Å². The van der Waals surface area contributed by atoms with Crippen LogP contribution >= 0.6 is 0 Å². The van der Waals surface area contributed by atoms with Gasteiger partial charge >= 0.3 is 0 Å². The molecular weight excluding hydrogens is 252 g/mol. The molecule has 0 bridgehead atoms. The molecule has 0 radical (unpaired) electrons. The molecule has 0 aromatic heterocycles. The highest BCUT2D eigenvalue weighted by Crippen LogP contribution is 2.29. The third-order valence-corrected chi connectivity index (χ3v) is 4.19. The lowest BCUT2D eigenvalue weighted by Crippen LogP contribution is -2.29. The summed E-state index contributed by atoms with van der Waals surface area (Å²) < 4.78 is 5.68. The van der Waals surface area contributed by atoms with Crippen molar-refractivity contribution in [2.45, 2.75) is 19.3 Å². The van der Waals surface area contributed by atoms with Crippen molar-refractivity contribution in [3.63, 3.8) is 0 Å². The second kappa shape index (κ2) is 5.83. The molecule has 2 aliphatic rings. The van der Waals surface area contributed by atoms with E-state index in [1.165, 1.54) is 12.8 Å². The molecule has 2 fully saturated rings. The van der Waals surface area contributed by atoms with Crippen LogP contribution in [0.5, 0.6) is 5.75 Å². The molecule has 1 heterocycles. The lowest BCUT2D eigenvalue weighted by atomic mass is 10.1. The zero-order valence-corrected chi connectivity index (χ0v) is 11.8. The van der Waals surface area contributed by atoms with Crippen molar-refractivity contribution in [2.24, 2.45) is 17.6 Å². The number of nitrogens with two attached hydrogens (primary N) is 1. The van der Waals surface area contributed by atoms with Crippen molar-refractivity contribution in [1.29, 1.82) is 0 Å². The van der Waals surface area contributed by atoms with E-state index in [1.54, 1.807) is 0 Å². The van der Waals surface area contributed by atoms with Gasteiger partial charge in [-0.1, -0.05) is 0 Å². The number of carbonyl (C=O) groups excluding carboxylic acids is 1. The molecule has 2 N–H and O–H groups in total. The van der Waals surface area contributed by atoms with Gasteiger partial charge in [-0.15, -0.1) is 0 Å². The SMILES string of the molecule is NC[C@H]1CCN(C(=O)c2ccc(OCC3CC3)cc2)C1. The summed E-state index contributed by atoms with van der Waals surface area (Å²) >= 11 is 0. The third kappa shape index (κ3) is 3.12. The van der Waals surface area contributed by atoms with Gasteiger partial charge in [-0.3, -0.25) is 4.79 Å². The molecule has 4 nitrogen and oxygen atoms in total. The summed E-state index contributed by atoms with van der Waals surface area (Å²) in [5.74, 6) is 2.17. The summed E-state index contributed by atoms with van der Waals surface area (Å²) in [5.41, 5.74) is 6.40. The van der Waals surface area contributed by atoms with Gasteiger partial charge in [-0.2, -0.15) is 0 Å². The third-order valence-electron chi connectivity index (χ3n) is 4.19. The number of amides is 1. The van der Waals surface area contributed by atoms with E-state index >= 15 is 0 Å². The monoisotopic (exact) mass is 274 g/mol. The average Bonchev–Trinajstić information content (AvgIpc) is 3.20. The Kier molecular flexibility index (Phi) is 3.92. The van der Waals surface area contributed by atoms with Crippen molar-refractivity contribution in [3.05, 3.63) is 29.8 Å². The average molecular weight is 274 g/mol. The largest absolute Gasteiger partial charge is 0.493 e. The predicted molar refractivity (Wildman–Crippen MR) is 77.7 cm³/mol. The minimum atomic E-state index is 0.106. The molecule has 1 saturated heterocycles. The topological polar surface area (TPSA) is 55.6 Å². The molecule has 1 aromatic carbocycles. The zero-order valence-electron chi connectivity index (χ0n) is 11.8. The number of nitrogens with zero attached hydrogens (tertiary/aromatic N) is 1. The molecule has 1 aliphatic carbocycles. The van der Waals surface area contributed by atoms with E-state index in [9.17, 15) is 4.79 Å². The first kappa shape index (κ1) is 13.4. The fraction of sp³-hybridized carbons (Fsp3) is 0.562. The van der Waals surface area contributed by atoms with Crippen molar-refractivity contribution in [2.75, 3.05) is 26.2 Å². The maximum atomic E-state index is 12.3. The zero-order chi connectivity index (χ0) is 13.9. The highest BCUT2D eigenvalue weighted by Gasteiger charge is 2.26. The van der Waals surface area contributed by atoms with Gasteiger partial charge in [0.25, 0.3) is 5.91 Å². The maximum absolute atomic E-state index is 12.3. The fourth-order valence-corrected chi connectivity index (χ4v) is 2.58. The van der Waals surface area contributed by atoms with Crippen LogP contribution < -0.4 is 10.5 Å². The van der Waals surface area contributed by atoms with Crippen LogP contribution in [0.15, 0.2) is 24.3 Å². The van der Waals surface area contributed by atoms with Gasteiger partial charge in [-0.25, -0.2) is 0 Å². The highest BCUT2D eigenvalue weighted by molar-refractivity contribution is 5.94. The number of ether oxygens (including phenoxy) is 1. The Morgan fingerprint density at radius 2 is 1.95 bits per heavy atom. The number of carbonyl (C=O) groups is 1. The normalized spacial score (nSPS) is 22.1. The first-order valence-corrected chi connectivity index (χ1v) is 7.48. The van der Waals surface area contributed by atoms with Crippen LogP contribution in [0.25, 0.3) is 0 Å². The van der Waals surface area contributed by atoms with Gasteiger partial charge in [0.15, 0.2) is 0 Å². The summed E-state index contributed by atoms with van der Waals surface area (Å²) in [7, 11) is 0. The van der Waals surface area contributed by atoms with Crippen LogP contribution in [-0.2, 0) is 0 Å². The number of benzene rings is 1. The maximum Gasteiger partial charge on any atom is 0.253 e. The molecule has 108 valence electrons. The summed E-state index contributed by atoms with van der Waals surface area (Å²) in [6, 6.07) is 7.51. The van der Waals surface area contributed by atoms with Crippen molar-refractivity contribution >= 4 is 5.91 Å². The number of hydrogen-bond donors (Lipinski definition) is 1.